The summed E-state index contributed by atoms with van der Waals surface area (Å²) in [4.78, 5) is 14.5. The lowest BCUT2D eigenvalue weighted by atomic mass is 10.2. The van der Waals surface area contributed by atoms with E-state index in [1.54, 1.807) is 4.68 Å². The fourth-order valence-electron chi connectivity index (χ4n) is 1.33. The Hall–Kier alpha value is -1.39. The number of hydrogen-bond acceptors (Lipinski definition) is 3. The van der Waals surface area contributed by atoms with E-state index in [1.165, 1.54) is 0 Å². The molecule has 0 bridgehead atoms. The maximum atomic E-state index is 10.2. The number of aliphatic carboxylic acids is 1. The first-order valence-electron chi connectivity index (χ1n) is 4.68. The molecule has 0 saturated heterocycles. The number of hydrogen-bond donors (Lipinski definition) is 1. The van der Waals surface area contributed by atoms with Crippen LogP contribution in [-0.4, -0.2) is 25.8 Å². The van der Waals surface area contributed by atoms with E-state index >= 15 is 0 Å². The Bertz CT molecular complexity index is 320. The van der Waals surface area contributed by atoms with E-state index in [-0.39, 0.29) is 6.42 Å². The van der Waals surface area contributed by atoms with Crippen molar-refractivity contribution in [3.8, 4) is 0 Å². The normalized spacial score (nSPS) is 10.4. The zero-order valence-corrected chi connectivity index (χ0v) is 8.53. The van der Waals surface area contributed by atoms with Gasteiger partial charge >= 0.3 is 5.97 Å². The molecule has 1 N–H and O–H groups in total. The summed E-state index contributed by atoms with van der Waals surface area (Å²) >= 11 is 0. The lowest BCUT2D eigenvalue weighted by Crippen LogP contribution is -2.00. The molecule has 0 atom stereocenters. The third-order valence-electron chi connectivity index (χ3n) is 2.00. The van der Waals surface area contributed by atoms with E-state index in [0.717, 1.165) is 24.5 Å². The first kappa shape index (κ1) is 10.7. The monoisotopic (exact) mass is 197 g/mol. The highest BCUT2D eigenvalue weighted by molar-refractivity contribution is 5.66. The van der Waals surface area contributed by atoms with Gasteiger partial charge in [0.05, 0.1) is 0 Å². The standard InChI is InChI=1S/C9H15N3O2/c1-7-10-8(12(2)11-7)5-3-4-6-9(13)14/h3-6H2,1-2H3,(H,13,14). The van der Waals surface area contributed by atoms with Crippen molar-refractivity contribution in [2.75, 3.05) is 0 Å². The molecule has 1 aromatic heterocycles. The Morgan fingerprint density at radius 1 is 1.50 bits per heavy atom. The van der Waals surface area contributed by atoms with Gasteiger partial charge in [-0.15, -0.1) is 0 Å². The average molecular weight is 197 g/mol. The van der Waals surface area contributed by atoms with Gasteiger partial charge < -0.3 is 5.11 Å². The van der Waals surface area contributed by atoms with Crippen molar-refractivity contribution in [2.24, 2.45) is 7.05 Å². The minimum Gasteiger partial charge on any atom is -0.481 e. The molecular weight excluding hydrogens is 182 g/mol. The van der Waals surface area contributed by atoms with Crippen LogP contribution in [0.2, 0.25) is 0 Å². The summed E-state index contributed by atoms with van der Waals surface area (Å²) in [5.74, 6) is 0.952. The number of carboxylic acids is 1. The topological polar surface area (TPSA) is 68.0 Å². The molecule has 5 heteroatoms. The van der Waals surface area contributed by atoms with Crippen LogP contribution in [0.3, 0.4) is 0 Å². The largest absolute Gasteiger partial charge is 0.481 e. The summed E-state index contributed by atoms with van der Waals surface area (Å²) in [6.45, 7) is 1.85. The second-order valence-electron chi connectivity index (χ2n) is 3.30. The van der Waals surface area contributed by atoms with Crippen LogP contribution < -0.4 is 0 Å². The molecule has 0 aromatic carbocycles. The maximum absolute atomic E-state index is 10.2. The summed E-state index contributed by atoms with van der Waals surface area (Å²) in [7, 11) is 1.85. The lowest BCUT2D eigenvalue weighted by molar-refractivity contribution is -0.137. The molecule has 1 rings (SSSR count). The van der Waals surface area contributed by atoms with Crippen molar-refractivity contribution in [3.05, 3.63) is 11.6 Å². The number of rotatable bonds is 5. The summed E-state index contributed by atoms with van der Waals surface area (Å²) in [5, 5.41) is 12.6. The van der Waals surface area contributed by atoms with E-state index < -0.39 is 5.97 Å². The molecule has 0 unspecified atom stereocenters. The van der Waals surface area contributed by atoms with Crippen molar-refractivity contribution in [2.45, 2.75) is 32.6 Å². The van der Waals surface area contributed by atoms with E-state index in [2.05, 4.69) is 10.1 Å². The Morgan fingerprint density at radius 3 is 2.71 bits per heavy atom. The molecule has 0 amide bonds. The van der Waals surface area contributed by atoms with Gasteiger partial charge in [0, 0.05) is 19.9 Å². The highest BCUT2D eigenvalue weighted by Crippen LogP contribution is 2.04. The van der Waals surface area contributed by atoms with Gasteiger partial charge in [0.2, 0.25) is 0 Å². The van der Waals surface area contributed by atoms with Gasteiger partial charge in [-0.2, -0.15) is 5.10 Å². The number of carbonyl (C=O) groups is 1. The van der Waals surface area contributed by atoms with Crippen LogP contribution in [0.1, 0.15) is 30.9 Å². The van der Waals surface area contributed by atoms with Crippen molar-refractivity contribution >= 4 is 5.97 Å². The van der Waals surface area contributed by atoms with Crippen molar-refractivity contribution in [1.29, 1.82) is 0 Å². The fraction of sp³-hybridized carbons (Fsp3) is 0.667. The van der Waals surface area contributed by atoms with Gasteiger partial charge in [-0.1, -0.05) is 0 Å². The second-order valence-corrected chi connectivity index (χ2v) is 3.30. The second kappa shape index (κ2) is 4.74. The third-order valence-corrected chi connectivity index (χ3v) is 2.00. The SMILES string of the molecule is Cc1nc(CCCCC(=O)O)n(C)n1. The minimum atomic E-state index is -0.737. The molecule has 78 valence electrons. The van der Waals surface area contributed by atoms with E-state index in [1.807, 2.05) is 14.0 Å². The summed E-state index contributed by atoms with van der Waals surface area (Å²) in [5.41, 5.74) is 0. The van der Waals surface area contributed by atoms with Crippen LogP contribution in [0.4, 0.5) is 0 Å². The number of carboxylic acid groups (broad SMARTS) is 1. The van der Waals surface area contributed by atoms with Crippen LogP contribution in [0.5, 0.6) is 0 Å². The molecule has 0 aliphatic rings. The molecule has 0 fully saturated rings. The molecular formula is C9H15N3O2. The van der Waals surface area contributed by atoms with Gasteiger partial charge in [-0.3, -0.25) is 9.48 Å². The van der Waals surface area contributed by atoms with E-state index in [0.29, 0.717) is 6.42 Å². The van der Waals surface area contributed by atoms with Crippen LogP contribution in [-0.2, 0) is 18.3 Å². The summed E-state index contributed by atoms with van der Waals surface area (Å²) < 4.78 is 1.75. The maximum Gasteiger partial charge on any atom is 0.303 e. The van der Waals surface area contributed by atoms with Crippen LogP contribution in [0, 0.1) is 6.92 Å². The molecule has 0 radical (unpaired) electrons. The lowest BCUT2D eigenvalue weighted by Gasteiger charge is -1.98. The Kier molecular flexibility index (Phi) is 3.62. The Morgan fingerprint density at radius 2 is 2.21 bits per heavy atom. The molecule has 14 heavy (non-hydrogen) atoms. The minimum absolute atomic E-state index is 0.233. The molecule has 1 heterocycles. The van der Waals surface area contributed by atoms with Gasteiger partial charge in [-0.05, 0) is 19.8 Å². The van der Waals surface area contributed by atoms with E-state index in [9.17, 15) is 4.79 Å². The van der Waals surface area contributed by atoms with Crippen LogP contribution >= 0.6 is 0 Å². The van der Waals surface area contributed by atoms with Crippen LogP contribution in [0.15, 0.2) is 0 Å². The first-order valence-corrected chi connectivity index (χ1v) is 4.68. The Balaban J connectivity index is 2.31. The molecule has 0 saturated carbocycles. The number of aryl methyl sites for hydroxylation is 3. The average Bonchev–Trinajstić information content (AvgIpc) is 2.39. The van der Waals surface area contributed by atoms with Crippen molar-refractivity contribution in [3.63, 3.8) is 0 Å². The fourth-order valence-corrected chi connectivity index (χ4v) is 1.33. The van der Waals surface area contributed by atoms with Crippen molar-refractivity contribution in [1.82, 2.24) is 14.8 Å². The predicted octanol–water partition coefficient (Wildman–Crippen LogP) is 0.921. The summed E-state index contributed by atoms with van der Waals surface area (Å²) in [6, 6.07) is 0. The highest BCUT2D eigenvalue weighted by Gasteiger charge is 2.03. The molecule has 1 aromatic rings. The molecule has 0 spiro atoms. The van der Waals surface area contributed by atoms with Gasteiger partial charge in [0.15, 0.2) is 0 Å². The predicted molar refractivity (Wildman–Crippen MR) is 50.9 cm³/mol. The zero-order valence-electron chi connectivity index (χ0n) is 8.53. The number of unbranched alkanes of at least 4 members (excludes halogenated alkanes) is 1. The van der Waals surface area contributed by atoms with Gasteiger partial charge in [0.1, 0.15) is 11.6 Å². The third kappa shape index (κ3) is 3.16. The molecule has 0 aliphatic carbocycles. The number of nitrogens with zero attached hydrogens (tertiary/aromatic N) is 3. The number of aromatic nitrogens is 3. The summed E-state index contributed by atoms with van der Waals surface area (Å²) in [6.07, 6.45) is 2.57. The van der Waals surface area contributed by atoms with Gasteiger partial charge in [0.25, 0.3) is 0 Å². The Labute approximate surface area is 82.8 Å². The van der Waals surface area contributed by atoms with Crippen molar-refractivity contribution < 1.29 is 9.90 Å². The molecule has 5 nitrogen and oxygen atoms in total. The smallest absolute Gasteiger partial charge is 0.303 e. The van der Waals surface area contributed by atoms with Gasteiger partial charge in [-0.25, -0.2) is 4.98 Å². The van der Waals surface area contributed by atoms with E-state index in [4.69, 9.17) is 5.11 Å². The molecule has 0 aliphatic heterocycles. The van der Waals surface area contributed by atoms with Crippen LogP contribution in [0.25, 0.3) is 0 Å². The highest BCUT2D eigenvalue weighted by atomic mass is 16.4. The quantitative estimate of drug-likeness (QED) is 0.713. The zero-order chi connectivity index (χ0) is 10.6. The first-order chi connectivity index (χ1) is 6.59.